The minimum atomic E-state index is -4.40. The van der Waals surface area contributed by atoms with Crippen LogP contribution in [0.25, 0.3) is 0 Å². The van der Waals surface area contributed by atoms with Gasteiger partial charge in [-0.2, -0.15) is 13.2 Å². The molecule has 1 aliphatic heterocycles. The second-order valence-corrected chi connectivity index (χ2v) is 7.34. The summed E-state index contributed by atoms with van der Waals surface area (Å²) in [5, 5.41) is 0. The van der Waals surface area contributed by atoms with Gasteiger partial charge in [-0.05, 0) is 47.4 Å². The number of anilines is 1. The predicted octanol–water partition coefficient (Wildman–Crippen LogP) is 5.91. The highest BCUT2D eigenvalue weighted by Gasteiger charge is 2.35. The van der Waals surface area contributed by atoms with E-state index in [-0.39, 0.29) is 6.03 Å². The first-order valence-electron chi connectivity index (χ1n) is 9.70. The van der Waals surface area contributed by atoms with Gasteiger partial charge in [0.15, 0.2) is 0 Å². The highest BCUT2D eigenvalue weighted by molar-refractivity contribution is 5.92. The van der Waals surface area contributed by atoms with Crippen molar-refractivity contribution in [1.82, 2.24) is 4.90 Å². The van der Waals surface area contributed by atoms with E-state index in [4.69, 9.17) is 0 Å². The van der Waals surface area contributed by atoms with Gasteiger partial charge in [0.2, 0.25) is 0 Å². The smallest absolute Gasteiger partial charge is 0.313 e. The Hall–Kier alpha value is -3.28. The van der Waals surface area contributed by atoms with Gasteiger partial charge in [-0.25, -0.2) is 4.79 Å². The van der Waals surface area contributed by atoms with Crippen molar-refractivity contribution in [3.05, 3.63) is 101 Å². The molecule has 0 fully saturated rings. The number of amides is 2. The van der Waals surface area contributed by atoms with Crippen molar-refractivity contribution in [2.24, 2.45) is 0 Å². The van der Waals surface area contributed by atoms with E-state index in [9.17, 15) is 18.0 Å². The topological polar surface area (TPSA) is 23.6 Å². The summed E-state index contributed by atoms with van der Waals surface area (Å²) >= 11 is 0. The fourth-order valence-corrected chi connectivity index (χ4v) is 3.94. The number of halogens is 3. The number of carbonyl (C=O) groups is 1. The number of hydrogen-bond donors (Lipinski definition) is 0. The Morgan fingerprint density at radius 3 is 2.23 bits per heavy atom. The Bertz CT molecular complexity index is 1030. The third kappa shape index (κ3) is 3.77. The molecule has 0 radical (unpaired) electrons. The van der Waals surface area contributed by atoms with E-state index in [0.717, 1.165) is 28.9 Å². The first-order valence-corrected chi connectivity index (χ1v) is 9.70. The van der Waals surface area contributed by atoms with E-state index in [0.29, 0.717) is 18.5 Å². The molecule has 2 amide bonds. The molecule has 30 heavy (non-hydrogen) atoms. The Balaban J connectivity index is 1.74. The number of hydrogen-bond acceptors (Lipinski definition) is 1. The lowest BCUT2D eigenvalue weighted by molar-refractivity contribution is -0.137. The van der Waals surface area contributed by atoms with E-state index < -0.39 is 17.8 Å². The Morgan fingerprint density at radius 2 is 1.57 bits per heavy atom. The van der Waals surface area contributed by atoms with Crippen molar-refractivity contribution in [1.29, 1.82) is 0 Å². The Kier molecular flexibility index (Phi) is 5.24. The zero-order chi connectivity index (χ0) is 21.3. The van der Waals surface area contributed by atoms with Crippen LogP contribution < -0.4 is 4.90 Å². The molecule has 1 aliphatic rings. The average Bonchev–Trinajstić information content (AvgIpc) is 2.77. The van der Waals surface area contributed by atoms with E-state index in [1.807, 2.05) is 54.6 Å². The van der Waals surface area contributed by atoms with Crippen LogP contribution in [-0.4, -0.2) is 24.5 Å². The molecule has 0 aliphatic carbocycles. The minimum absolute atomic E-state index is 0.194. The summed E-state index contributed by atoms with van der Waals surface area (Å²) < 4.78 is 39.1. The minimum Gasteiger partial charge on any atom is -0.313 e. The fraction of sp³-hybridized carbons (Fsp3) is 0.208. The van der Waals surface area contributed by atoms with Crippen LogP contribution in [0.4, 0.5) is 23.7 Å². The lowest BCUT2D eigenvalue weighted by atomic mass is 9.88. The Morgan fingerprint density at radius 1 is 0.933 bits per heavy atom. The second-order valence-electron chi connectivity index (χ2n) is 7.34. The summed E-state index contributed by atoms with van der Waals surface area (Å²) in [5.74, 6) is 0. The van der Waals surface area contributed by atoms with Crippen molar-refractivity contribution in [3.8, 4) is 0 Å². The van der Waals surface area contributed by atoms with Crippen LogP contribution >= 0.6 is 0 Å². The zero-order valence-corrected chi connectivity index (χ0v) is 16.4. The Labute approximate surface area is 173 Å². The van der Waals surface area contributed by atoms with Crippen LogP contribution in [0.1, 0.15) is 28.3 Å². The molecule has 0 saturated carbocycles. The van der Waals surface area contributed by atoms with Crippen molar-refractivity contribution in [3.63, 3.8) is 0 Å². The molecule has 1 unspecified atom stereocenters. The average molecular weight is 410 g/mol. The summed E-state index contributed by atoms with van der Waals surface area (Å²) in [7, 11) is 1.71. The molecule has 3 nitrogen and oxygen atoms in total. The van der Waals surface area contributed by atoms with Gasteiger partial charge < -0.3 is 4.90 Å². The third-order valence-electron chi connectivity index (χ3n) is 5.51. The SMILES string of the molecule is CN(C(=O)N1CCc2ccccc2C1c1ccc(C(F)(F)F)cc1)c1ccccc1. The van der Waals surface area contributed by atoms with E-state index in [1.165, 1.54) is 12.1 Å². The fourth-order valence-electron chi connectivity index (χ4n) is 3.94. The lowest BCUT2D eigenvalue weighted by Gasteiger charge is -2.39. The largest absolute Gasteiger partial charge is 0.416 e. The van der Waals surface area contributed by atoms with Gasteiger partial charge in [0, 0.05) is 19.3 Å². The number of para-hydroxylation sites is 1. The molecule has 3 aromatic carbocycles. The molecule has 0 N–H and O–H groups in total. The van der Waals surface area contributed by atoms with Crippen LogP contribution in [0.15, 0.2) is 78.9 Å². The van der Waals surface area contributed by atoms with Gasteiger partial charge in [-0.3, -0.25) is 4.90 Å². The highest BCUT2D eigenvalue weighted by atomic mass is 19.4. The maximum atomic E-state index is 13.4. The summed E-state index contributed by atoms with van der Waals surface area (Å²) in [4.78, 5) is 16.7. The monoisotopic (exact) mass is 410 g/mol. The van der Waals surface area contributed by atoms with Crippen LogP contribution in [0, 0.1) is 0 Å². The zero-order valence-electron chi connectivity index (χ0n) is 16.4. The lowest BCUT2D eigenvalue weighted by Crippen LogP contribution is -2.46. The maximum absolute atomic E-state index is 13.4. The number of alkyl halides is 3. The second kappa shape index (κ2) is 7.86. The van der Waals surface area contributed by atoms with Crippen LogP contribution in [-0.2, 0) is 12.6 Å². The molecule has 0 aromatic heterocycles. The maximum Gasteiger partial charge on any atom is 0.416 e. The number of urea groups is 1. The van der Waals surface area contributed by atoms with E-state index in [2.05, 4.69) is 0 Å². The predicted molar refractivity (Wildman–Crippen MR) is 110 cm³/mol. The first-order chi connectivity index (χ1) is 14.4. The van der Waals surface area contributed by atoms with Gasteiger partial charge in [0.1, 0.15) is 0 Å². The summed E-state index contributed by atoms with van der Waals surface area (Å²) in [6.45, 7) is 0.485. The van der Waals surface area contributed by atoms with E-state index in [1.54, 1.807) is 16.8 Å². The first kappa shape index (κ1) is 20.0. The molecule has 154 valence electrons. The van der Waals surface area contributed by atoms with Crippen LogP contribution in [0.3, 0.4) is 0 Å². The molecule has 0 bridgehead atoms. The molecule has 0 spiro atoms. The summed E-state index contributed by atoms with van der Waals surface area (Å²) in [5.41, 5.74) is 2.76. The van der Waals surface area contributed by atoms with Gasteiger partial charge in [0.05, 0.1) is 11.6 Å². The molecular formula is C24H21F3N2O. The quantitative estimate of drug-likeness (QED) is 0.515. The highest BCUT2D eigenvalue weighted by Crippen LogP contribution is 2.37. The molecule has 1 atom stereocenters. The van der Waals surface area contributed by atoms with Gasteiger partial charge >= 0.3 is 12.2 Å². The molecule has 4 rings (SSSR count). The van der Waals surface area contributed by atoms with Gasteiger partial charge in [-0.15, -0.1) is 0 Å². The van der Waals surface area contributed by atoms with Crippen molar-refractivity contribution >= 4 is 11.7 Å². The number of nitrogens with zero attached hydrogens (tertiary/aromatic N) is 2. The van der Waals surface area contributed by atoms with Crippen molar-refractivity contribution < 1.29 is 18.0 Å². The molecular weight excluding hydrogens is 389 g/mol. The third-order valence-corrected chi connectivity index (χ3v) is 5.51. The van der Waals surface area contributed by atoms with Crippen molar-refractivity contribution in [2.45, 2.75) is 18.6 Å². The number of rotatable bonds is 2. The van der Waals surface area contributed by atoms with Crippen LogP contribution in [0.5, 0.6) is 0 Å². The molecule has 0 saturated heterocycles. The number of benzene rings is 3. The van der Waals surface area contributed by atoms with Gasteiger partial charge in [0.25, 0.3) is 0 Å². The molecule has 6 heteroatoms. The van der Waals surface area contributed by atoms with Gasteiger partial charge in [-0.1, -0.05) is 54.6 Å². The van der Waals surface area contributed by atoms with Crippen molar-refractivity contribution in [2.75, 3.05) is 18.5 Å². The molecule has 1 heterocycles. The normalized spacial score (nSPS) is 16.1. The van der Waals surface area contributed by atoms with E-state index >= 15 is 0 Å². The van der Waals surface area contributed by atoms with Crippen LogP contribution in [0.2, 0.25) is 0 Å². The summed E-state index contributed by atoms with van der Waals surface area (Å²) in [6, 6.07) is 21.5. The summed E-state index contributed by atoms with van der Waals surface area (Å²) in [6.07, 6.45) is -3.70. The standard InChI is InChI=1S/C24H21F3N2O/c1-28(20-8-3-2-4-9-20)23(30)29-16-15-17-7-5-6-10-21(17)22(29)18-11-13-19(14-12-18)24(25,26)27/h2-14,22H,15-16H2,1H3. The number of fused-ring (bicyclic) bond motifs is 1. The molecule has 3 aromatic rings. The number of carbonyl (C=O) groups excluding carboxylic acids is 1.